The number of amides is 1. The summed E-state index contributed by atoms with van der Waals surface area (Å²) in [5.41, 5.74) is 0.626. The average molecular weight is 265 g/mol. The van der Waals surface area contributed by atoms with Crippen molar-refractivity contribution in [3.8, 4) is 0 Å². The number of benzene rings is 1. The molecule has 1 aromatic rings. The maximum atomic E-state index is 12.0. The molecule has 2 atom stereocenters. The van der Waals surface area contributed by atoms with Gasteiger partial charge in [0.05, 0.1) is 18.6 Å². The number of ether oxygens (including phenoxy) is 1. The number of carboxylic acids is 1. The van der Waals surface area contributed by atoms with Crippen LogP contribution in [0.1, 0.15) is 20.8 Å². The molecule has 0 aliphatic rings. The van der Waals surface area contributed by atoms with Gasteiger partial charge in [-0.2, -0.15) is 0 Å². The van der Waals surface area contributed by atoms with Crippen LogP contribution in [-0.2, 0) is 9.53 Å². The molecule has 0 fully saturated rings. The van der Waals surface area contributed by atoms with Gasteiger partial charge in [-0.05, 0) is 32.9 Å². The Kier molecular flexibility index (Phi) is 5.36. The van der Waals surface area contributed by atoms with Crippen molar-refractivity contribution in [2.75, 3.05) is 11.5 Å². The minimum absolute atomic E-state index is 0.246. The van der Waals surface area contributed by atoms with E-state index in [9.17, 15) is 9.59 Å². The lowest BCUT2D eigenvalue weighted by Crippen LogP contribution is -2.44. The Morgan fingerprint density at radius 1 is 1.26 bits per heavy atom. The lowest BCUT2D eigenvalue weighted by molar-refractivity contribution is -0.141. The molecule has 104 valence electrons. The minimum atomic E-state index is -0.947. The van der Waals surface area contributed by atoms with E-state index in [0.29, 0.717) is 5.69 Å². The Balaban J connectivity index is 3.06. The quantitative estimate of drug-likeness (QED) is 0.889. The lowest BCUT2D eigenvalue weighted by atomic mass is 10.0. The van der Waals surface area contributed by atoms with Crippen molar-refractivity contribution < 1.29 is 19.4 Å². The van der Waals surface area contributed by atoms with E-state index in [1.165, 1.54) is 4.90 Å². The zero-order valence-electron chi connectivity index (χ0n) is 11.4. The van der Waals surface area contributed by atoms with Crippen molar-refractivity contribution in [2.45, 2.75) is 26.8 Å². The van der Waals surface area contributed by atoms with Gasteiger partial charge in [0, 0.05) is 5.69 Å². The molecule has 0 aromatic heterocycles. The Hall–Kier alpha value is -2.04. The van der Waals surface area contributed by atoms with Gasteiger partial charge in [-0.3, -0.25) is 9.69 Å². The first-order chi connectivity index (χ1) is 8.99. The fraction of sp³-hybridized carbons (Fsp3) is 0.429. The third kappa shape index (κ3) is 3.71. The van der Waals surface area contributed by atoms with Gasteiger partial charge in [-0.1, -0.05) is 18.2 Å². The molecule has 0 spiro atoms. The summed E-state index contributed by atoms with van der Waals surface area (Å²) in [4.78, 5) is 24.5. The third-order valence-electron chi connectivity index (χ3n) is 3.02. The molecule has 1 rings (SSSR count). The molecule has 1 amide bonds. The SMILES string of the molecule is CCOC(=O)N(c1ccccc1)C(C)C(C)C(=O)O. The molecule has 0 aliphatic heterocycles. The highest BCUT2D eigenvalue weighted by Crippen LogP contribution is 2.22. The first-order valence-electron chi connectivity index (χ1n) is 6.22. The zero-order valence-corrected chi connectivity index (χ0v) is 11.4. The van der Waals surface area contributed by atoms with E-state index >= 15 is 0 Å². The van der Waals surface area contributed by atoms with Crippen LogP contribution in [0.25, 0.3) is 0 Å². The second-order valence-corrected chi connectivity index (χ2v) is 4.27. The second kappa shape index (κ2) is 6.78. The maximum Gasteiger partial charge on any atom is 0.414 e. The highest BCUT2D eigenvalue weighted by Gasteiger charge is 2.30. The fourth-order valence-electron chi connectivity index (χ4n) is 1.72. The molecule has 0 bridgehead atoms. The molecule has 1 N–H and O–H groups in total. The largest absolute Gasteiger partial charge is 0.481 e. The van der Waals surface area contributed by atoms with Gasteiger partial charge >= 0.3 is 12.1 Å². The van der Waals surface area contributed by atoms with Crippen LogP contribution in [0.5, 0.6) is 0 Å². The normalized spacial score (nSPS) is 13.4. The van der Waals surface area contributed by atoms with Crippen molar-refractivity contribution in [3.63, 3.8) is 0 Å². The first kappa shape index (κ1) is 15.0. The van der Waals surface area contributed by atoms with Crippen molar-refractivity contribution in [1.82, 2.24) is 0 Å². The summed E-state index contributed by atoms with van der Waals surface area (Å²) in [7, 11) is 0. The van der Waals surface area contributed by atoms with Crippen LogP contribution in [0.15, 0.2) is 30.3 Å². The smallest absolute Gasteiger partial charge is 0.414 e. The number of para-hydroxylation sites is 1. The Morgan fingerprint density at radius 3 is 2.32 bits per heavy atom. The van der Waals surface area contributed by atoms with E-state index in [1.54, 1.807) is 45.0 Å². The van der Waals surface area contributed by atoms with Gasteiger partial charge < -0.3 is 9.84 Å². The molecular formula is C14H19NO4. The molecule has 1 aromatic carbocycles. The van der Waals surface area contributed by atoms with Gasteiger partial charge in [-0.25, -0.2) is 4.79 Å². The summed E-state index contributed by atoms with van der Waals surface area (Å²) in [5.74, 6) is -1.64. The van der Waals surface area contributed by atoms with Crippen LogP contribution in [0.2, 0.25) is 0 Å². The zero-order chi connectivity index (χ0) is 14.4. The van der Waals surface area contributed by atoms with Crippen LogP contribution in [0.4, 0.5) is 10.5 Å². The molecule has 0 aliphatic carbocycles. The highest BCUT2D eigenvalue weighted by molar-refractivity contribution is 5.89. The van der Waals surface area contributed by atoms with E-state index in [2.05, 4.69) is 0 Å². The Labute approximate surface area is 112 Å². The molecule has 0 saturated carbocycles. The molecule has 5 heteroatoms. The number of hydrogen-bond acceptors (Lipinski definition) is 3. The van der Waals surface area contributed by atoms with Crippen molar-refractivity contribution in [2.24, 2.45) is 5.92 Å². The summed E-state index contributed by atoms with van der Waals surface area (Å²) in [5, 5.41) is 9.08. The number of carboxylic acid groups (broad SMARTS) is 1. The molecule has 2 unspecified atom stereocenters. The number of aliphatic carboxylic acids is 1. The predicted octanol–water partition coefficient (Wildman–Crippen LogP) is 2.76. The van der Waals surface area contributed by atoms with Crippen LogP contribution >= 0.6 is 0 Å². The number of rotatable bonds is 5. The topological polar surface area (TPSA) is 66.8 Å². The van der Waals surface area contributed by atoms with Crippen molar-refractivity contribution >= 4 is 17.7 Å². The van der Waals surface area contributed by atoms with Crippen LogP contribution in [0, 0.1) is 5.92 Å². The first-order valence-corrected chi connectivity index (χ1v) is 6.22. The van der Waals surface area contributed by atoms with E-state index in [1.807, 2.05) is 6.07 Å². The fourth-order valence-corrected chi connectivity index (χ4v) is 1.72. The molecular weight excluding hydrogens is 246 g/mol. The van der Waals surface area contributed by atoms with Crippen molar-refractivity contribution in [3.05, 3.63) is 30.3 Å². The van der Waals surface area contributed by atoms with Gasteiger partial charge in [0.1, 0.15) is 0 Å². The average Bonchev–Trinajstić information content (AvgIpc) is 2.39. The van der Waals surface area contributed by atoms with E-state index in [0.717, 1.165) is 0 Å². The number of carbonyl (C=O) groups excluding carboxylic acids is 1. The van der Waals surface area contributed by atoms with Gasteiger partial charge in [0.15, 0.2) is 0 Å². The van der Waals surface area contributed by atoms with Crippen LogP contribution in [-0.4, -0.2) is 29.8 Å². The number of anilines is 1. The van der Waals surface area contributed by atoms with Crippen LogP contribution in [0.3, 0.4) is 0 Å². The summed E-state index contributed by atoms with van der Waals surface area (Å²) in [6.45, 7) is 5.23. The molecule has 0 radical (unpaired) electrons. The van der Waals surface area contributed by atoms with Crippen molar-refractivity contribution in [1.29, 1.82) is 0 Å². The maximum absolute atomic E-state index is 12.0. The molecule has 0 heterocycles. The summed E-state index contributed by atoms with van der Waals surface area (Å²) in [6.07, 6.45) is -0.533. The van der Waals surface area contributed by atoms with E-state index < -0.39 is 24.0 Å². The van der Waals surface area contributed by atoms with Gasteiger partial charge in [0.2, 0.25) is 0 Å². The Morgan fingerprint density at radius 2 is 1.84 bits per heavy atom. The predicted molar refractivity (Wildman–Crippen MR) is 72.2 cm³/mol. The summed E-state index contributed by atoms with van der Waals surface area (Å²) < 4.78 is 5.00. The minimum Gasteiger partial charge on any atom is -0.481 e. The lowest BCUT2D eigenvalue weighted by Gasteiger charge is -2.30. The Bertz CT molecular complexity index is 432. The third-order valence-corrected chi connectivity index (χ3v) is 3.02. The van der Waals surface area contributed by atoms with Crippen LogP contribution < -0.4 is 4.90 Å². The summed E-state index contributed by atoms with van der Waals surface area (Å²) >= 11 is 0. The van der Waals surface area contributed by atoms with Gasteiger partial charge in [-0.15, -0.1) is 0 Å². The standard InChI is InChI=1S/C14H19NO4/c1-4-19-14(18)15(11(3)10(2)13(16)17)12-8-6-5-7-9-12/h5-11H,4H2,1-3H3,(H,16,17). The second-order valence-electron chi connectivity index (χ2n) is 4.27. The highest BCUT2D eigenvalue weighted by atomic mass is 16.6. The summed E-state index contributed by atoms with van der Waals surface area (Å²) in [6, 6.07) is 8.42. The molecule has 5 nitrogen and oxygen atoms in total. The molecule has 19 heavy (non-hydrogen) atoms. The molecule has 0 saturated heterocycles. The van der Waals surface area contributed by atoms with E-state index in [-0.39, 0.29) is 6.61 Å². The number of carbonyl (C=O) groups is 2. The number of nitrogens with zero attached hydrogens (tertiary/aromatic N) is 1. The van der Waals surface area contributed by atoms with Gasteiger partial charge in [0.25, 0.3) is 0 Å². The number of hydrogen-bond donors (Lipinski definition) is 1. The van der Waals surface area contributed by atoms with E-state index in [4.69, 9.17) is 9.84 Å². The monoisotopic (exact) mass is 265 g/mol.